The molecule has 0 fully saturated rings. The molecule has 0 unspecified atom stereocenters. The number of hydrogen-bond donors (Lipinski definition) is 0. The first-order chi connectivity index (χ1) is 12.6. The normalized spacial score (nSPS) is 18.7. The van der Waals surface area contributed by atoms with Gasteiger partial charge in [-0.2, -0.15) is 0 Å². The summed E-state index contributed by atoms with van der Waals surface area (Å²) in [4.78, 5) is 33.2. The van der Waals surface area contributed by atoms with Gasteiger partial charge < -0.3 is 28.5 Å². The molecular formula is C16H20N2O8. The molecule has 2 atom stereocenters. The number of pyridine rings is 1. The van der Waals surface area contributed by atoms with Gasteiger partial charge in [-0.1, -0.05) is 5.16 Å². The quantitative estimate of drug-likeness (QED) is 0.341. The van der Waals surface area contributed by atoms with Crippen LogP contribution in [0.2, 0.25) is 0 Å². The van der Waals surface area contributed by atoms with E-state index in [9.17, 15) is 9.59 Å². The fraction of sp³-hybridized carbons (Fsp3) is 0.500. The maximum Gasteiger partial charge on any atom is 0.351 e. The minimum atomic E-state index is -1.23. The second kappa shape index (κ2) is 9.68. The van der Waals surface area contributed by atoms with Gasteiger partial charge in [0, 0.05) is 18.9 Å². The zero-order valence-corrected chi connectivity index (χ0v) is 14.7. The van der Waals surface area contributed by atoms with E-state index in [1.165, 1.54) is 26.6 Å². The van der Waals surface area contributed by atoms with Crippen LogP contribution < -0.4 is 4.74 Å². The Morgan fingerprint density at radius 1 is 1.15 bits per heavy atom. The molecule has 0 radical (unpaired) electrons. The van der Waals surface area contributed by atoms with Gasteiger partial charge in [0.05, 0.1) is 33.6 Å². The van der Waals surface area contributed by atoms with Crippen molar-refractivity contribution in [3.05, 3.63) is 24.0 Å². The summed E-state index contributed by atoms with van der Waals surface area (Å²) in [6, 6.07) is 1.59. The molecule has 10 heteroatoms. The van der Waals surface area contributed by atoms with E-state index < -0.39 is 24.0 Å². The monoisotopic (exact) mass is 368 g/mol. The number of carbonyl (C=O) groups excluding carboxylic acids is 2. The number of hydrogen-bond acceptors (Lipinski definition) is 10. The van der Waals surface area contributed by atoms with Gasteiger partial charge in [0.25, 0.3) is 0 Å². The number of rotatable bonds is 9. The number of aromatic nitrogens is 1. The number of methoxy groups -OCH3 is 3. The molecule has 0 bridgehead atoms. The van der Waals surface area contributed by atoms with Crippen molar-refractivity contribution in [3.8, 4) is 5.75 Å². The molecule has 0 spiro atoms. The Hall–Kier alpha value is -2.72. The third-order valence-corrected chi connectivity index (χ3v) is 3.54. The van der Waals surface area contributed by atoms with Crippen LogP contribution >= 0.6 is 0 Å². The number of esters is 2. The van der Waals surface area contributed by atoms with E-state index in [0.717, 1.165) is 0 Å². The Morgan fingerprint density at radius 3 is 2.62 bits per heavy atom. The first-order valence-corrected chi connectivity index (χ1v) is 7.67. The van der Waals surface area contributed by atoms with E-state index >= 15 is 0 Å². The van der Waals surface area contributed by atoms with Gasteiger partial charge in [-0.25, -0.2) is 4.79 Å². The summed E-state index contributed by atoms with van der Waals surface area (Å²) < 4.78 is 25.1. The molecule has 1 aliphatic rings. The molecule has 26 heavy (non-hydrogen) atoms. The van der Waals surface area contributed by atoms with Gasteiger partial charge >= 0.3 is 11.9 Å². The lowest BCUT2D eigenvalue weighted by molar-refractivity contribution is -0.161. The van der Waals surface area contributed by atoms with Crippen LogP contribution in [0.3, 0.4) is 0 Å². The summed E-state index contributed by atoms with van der Waals surface area (Å²) in [6.45, 7) is 0.722. The van der Waals surface area contributed by atoms with E-state index in [4.69, 9.17) is 23.8 Å². The van der Waals surface area contributed by atoms with Crippen molar-refractivity contribution < 1.29 is 38.1 Å². The van der Waals surface area contributed by atoms with Crippen molar-refractivity contribution in [2.45, 2.75) is 6.10 Å². The SMILES string of the molecule is COCCOCOc1cnccc1C1=NO[C@@H](C(=O)OC)[C@@H]1C(=O)OC. The van der Waals surface area contributed by atoms with Crippen molar-refractivity contribution in [3.63, 3.8) is 0 Å². The minimum Gasteiger partial charge on any atom is -0.468 e. The standard InChI is InChI=1S/C16H20N2O8/c1-21-6-7-24-9-25-11-8-17-5-4-10(11)13-12(15(19)22-2)14(26-18-13)16(20)23-3/h4-5,8,12,14H,6-7,9H2,1-3H3/t12-,14-/m1/s1. The highest BCUT2D eigenvalue weighted by atomic mass is 16.7. The molecule has 0 saturated heterocycles. The number of oxime groups is 1. The average molecular weight is 368 g/mol. The highest BCUT2D eigenvalue weighted by Crippen LogP contribution is 2.29. The lowest BCUT2D eigenvalue weighted by Crippen LogP contribution is -2.38. The van der Waals surface area contributed by atoms with E-state index in [-0.39, 0.29) is 12.5 Å². The Balaban J connectivity index is 2.20. The van der Waals surface area contributed by atoms with Crippen LogP contribution in [0.1, 0.15) is 5.56 Å². The van der Waals surface area contributed by atoms with Gasteiger partial charge in [0.2, 0.25) is 6.10 Å². The van der Waals surface area contributed by atoms with Crippen LogP contribution in [0.4, 0.5) is 0 Å². The van der Waals surface area contributed by atoms with Crippen molar-refractivity contribution >= 4 is 17.7 Å². The lowest BCUT2D eigenvalue weighted by Gasteiger charge is -2.16. The van der Waals surface area contributed by atoms with Crippen molar-refractivity contribution in [1.29, 1.82) is 0 Å². The molecule has 1 aliphatic heterocycles. The zero-order chi connectivity index (χ0) is 18.9. The predicted molar refractivity (Wildman–Crippen MR) is 86.5 cm³/mol. The molecule has 2 rings (SSSR count). The maximum atomic E-state index is 12.2. The molecule has 0 aromatic carbocycles. The number of nitrogens with zero attached hydrogens (tertiary/aromatic N) is 2. The summed E-state index contributed by atoms with van der Waals surface area (Å²) in [5.74, 6) is -2.20. The molecule has 0 aliphatic carbocycles. The second-order valence-electron chi connectivity index (χ2n) is 5.06. The summed E-state index contributed by atoms with van der Waals surface area (Å²) in [5.41, 5.74) is 0.610. The smallest absolute Gasteiger partial charge is 0.351 e. The van der Waals surface area contributed by atoms with Crippen LogP contribution in [0, 0.1) is 5.92 Å². The molecule has 0 saturated carbocycles. The second-order valence-corrected chi connectivity index (χ2v) is 5.06. The van der Waals surface area contributed by atoms with Crippen LogP contribution in [0.5, 0.6) is 5.75 Å². The van der Waals surface area contributed by atoms with E-state index in [1.807, 2.05) is 0 Å². The molecule has 142 valence electrons. The average Bonchev–Trinajstić information content (AvgIpc) is 3.11. The predicted octanol–water partition coefficient (Wildman–Crippen LogP) is 0.146. The topological polar surface area (TPSA) is 115 Å². The third-order valence-electron chi connectivity index (χ3n) is 3.54. The summed E-state index contributed by atoms with van der Waals surface area (Å²) in [6.07, 6.45) is 1.70. The van der Waals surface area contributed by atoms with Gasteiger partial charge in [0.1, 0.15) is 11.5 Å². The summed E-state index contributed by atoms with van der Waals surface area (Å²) >= 11 is 0. The molecular weight excluding hydrogens is 348 g/mol. The summed E-state index contributed by atoms with van der Waals surface area (Å²) in [5, 5.41) is 3.87. The van der Waals surface area contributed by atoms with Gasteiger partial charge in [-0.05, 0) is 6.07 Å². The highest BCUT2D eigenvalue weighted by molar-refractivity contribution is 6.16. The van der Waals surface area contributed by atoms with Crippen molar-refractivity contribution in [2.24, 2.45) is 11.1 Å². The van der Waals surface area contributed by atoms with E-state index in [1.54, 1.807) is 13.2 Å². The Bertz CT molecular complexity index is 663. The Morgan fingerprint density at radius 2 is 1.92 bits per heavy atom. The van der Waals surface area contributed by atoms with Crippen molar-refractivity contribution in [1.82, 2.24) is 4.98 Å². The van der Waals surface area contributed by atoms with E-state index in [0.29, 0.717) is 24.5 Å². The largest absolute Gasteiger partial charge is 0.468 e. The Kier molecular flexibility index (Phi) is 7.30. The van der Waals surface area contributed by atoms with Crippen LogP contribution in [0.25, 0.3) is 0 Å². The molecule has 1 aromatic rings. The minimum absolute atomic E-state index is 0.0560. The summed E-state index contributed by atoms with van der Waals surface area (Å²) in [7, 11) is 3.96. The van der Waals surface area contributed by atoms with E-state index in [2.05, 4.69) is 14.9 Å². The van der Waals surface area contributed by atoms with Gasteiger partial charge in [-0.15, -0.1) is 0 Å². The van der Waals surface area contributed by atoms with Crippen LogP contribution in [0.15, 0.2) is 23.6 Å². The van der Waals surface area contributed by atoms with Gasteiger partial charge in [0.15, 0.2) is 12.7 Å². The fourth-order valence-corrected chi connectivity index (χ4v) is 2.26. The van der Waals surface area contributed by atoms with Gasteiger partial charge in [-0.3, -0.25) is 9.78 Å². The Labute approximate surface area is 150 Å². The molecule has 0 N–H and O–H groups in total. The third kappa shape index (κ3) is 4.46. The molecule has 0 amide bonds. The molecule has 2 heterocycles. The highest BCUT2D eigenvalue weighted by Gasteiger charge is 2.47. The first-order valence-electron chi connectivity index (χ1n) is 7.67. The molecule has 1 aromatic heterocycles. The fourth-order valence-electron chi connectivity index (χ4n) is 2.26. The number of carbonyl (C=O) groups is 2. The molecule has 10 nitrogen and oxygen atoms in total. The van der Waals surface area contributed by atoms with Crippen LogP contribution in [-0.2, 0) is 33.4 Å². The van der Waals surface area contributed by atoms with Crippen molar-refractivity contribution in [2.75, 3.05) is 41.3 Å². The lowest BCUT2D eigenvalue weighted by atomic mass is 9.92. The van der Waals surface area contributed by atoms with Crippen LogP contribution in [-0.4, -0.2) is 70.1 Å². The number of ether oxygens (including phenoxy) is 5. The maximum absolute atomic E-state index is 12.2. The first kappa shape index (κ1) is 19.6. The zero-order valence-electron chi connectivity index (χ0n) is 14.7.